The molecule has 0 spiro atoms. The Morgan fingerprint density at radius 2 is 0.833 bits per heavy atom. The van der Waals surface area contributed by atoms with E-state index in [1.165, 1.54) is 0 Å². The lowest BCUT2D eigenvalue weighted by molar-refractivity contribution is 1.20. The molecule has 0 amide bonds. The van der Waals surface area contributed by atoms with Gasteiger partial charge in [0.1, 0.15) is 11.4 Å². The molecule has 0 aromatic heterocycles. The van der Waals surface area contributed by atoms with E-state index in [1.807, 2.05) is 88.4 Å². The lowest BCUT2D eigenvalue weighted by atomic mass is 10.00. The number of hydrogen-bond donors (Lipinski definition) is 0. The first-order chi connectivity index (χ1) is 11.6. The van der Waals surface area contributed by atoms with E-state index >= 15 is 0 Å². The van der Waals surface area contributed by atoms with Gasteiger partial charge in [-0.1, -0.05) is 60.7 Å². The van der Waals surface area contributed by atoms with Crippen molar-refractivity contribution < 1.29 is 0 Å². The van der Waals surface area contributed by atoms with Crippen LogP contribution < -0.4 is 0 Å². The Kier molecular flexibility index (Phi) is 6.32. The van der Waals surface area contributed by atoms with Gasteiger partial charge in [0.2, 0.25) is 0 Å². The Balaban J connectivity index is 2.66. The zero-order chi connectivity index (χ0) is 17.4. The molecule has 0 saturated heterocycles. The second-order valence-electron chi connectivity index (χ2n) is 5.72. The van der Waals surface area contributed by atoms with Crippen molar-refractivity contribution in [3.8, 4) is 0 Å². The highest BCUT2D eigenvalue weighted by Gasteiger charge is 2.14. The number of rotatable bonds is 5. The van der Waals surface area contributed by atoms with Gasteiger partial charge < -0.3 is 0 Å². The van der Waals surface area contributed by atoms with Crippen molar-refractivity contribution >= 4 is 22.8 Å². The van der Waals surface area contributed by atoms with Gasteiger partial charge in [-0.05, 0) is 27.7 Å². The summed E-state index contributed by atoms with van der Waals surface area (Å²) in [6.45, 7) is 7.67. The standard InChI is InChI=1S/C20H22N4/c1-15(2)21-23-19(17-11-7-5-8-12-17)20(24-22-16(3)4)18-13-9-6-10-14-18/h5-14H,1-4H3/b23-19-,24-20+. The summed E-state index contributed by atoms with van der Waals surface area (Å²) in [5, 5.41) is 17.4. The Bertz CT molecular complexity index is 707. The summed E-state index contributed by atoms with van der Waals surface area (Å²) in [5.74, 6) is 0. The number of benzene rings is 2. The van der Waals surface area contributed by atoms with E-state index < -0.39 is 0 Å². The molecule has 4 heteroatoms. The van der Waals surface area contributed by atoms with Gasteiger partial charge in [-0.15, -0.1) is 10.2 Å². The molecule has 0 aliphatic heterocycles. The summed E-state index contributed by atoms with van der Waals surface area (Å²) >= 11 is 0. The van der Waals surface area contributed by atoms with Gasteiger partial charge in [-0.2, -0.15) is 10.2 Å². The second-order valence-corrected chi connectivity index (χ2v) is 5.72. The summed E-state index contributed by atoms with van der Waals surface area (Å²) < 4.78 is 0. The van der Waals surface area contributed by atoms with Crippen LogP contribution in [0.1, 0.15) is 38.8 Å². The molecule has 0 radical (unpaired) electrons. The average Bonchev–Trinajstić information content (AvgIpc) is 2.59. The first-order valence-corrected chi connectivity index (χ1v) is 7.87. The van der Waals surface area contributed by atoms with Crippen molar-refractivity contribution in [3.63, 3.8) is 0 Å². The molecule has 2 aromatic rings. The fraction of sp³-hybridized carbons (Fsp3) is 0.200. The molecule has 0 heterocycles. The third kappa shape index (κ3) is 5.09. The monoisotopic (exact) mass is 318 g/mol. The zero-order valence-corrected chi connectivity index (χ0v) is 14.6. The maximum atomic E-state index is 4.45. The minimum absolute atomic E-state index is 0.702. The summed E-state index contributed by atoms with van der Waals surface area (Å²) in [5.41, 5.74) is 5.07. The van der Waals surface area contributed by atoms with Gasteiger partial charge >= 0.3 is 0 Å². The fourth-order valence-electron chi connectivity index (χ4n) is 1.98. The SMILES string of the molecule is CC(C)=N/N=C(\C(=N\N=C(C)C)c1ccccc1)c1ccccc1. The summed E-state index contributed by atoms with van der Waals surface area (Å²) in [6, 6.07) is 19.9. The molecule has 0 bridgehead atoms. The molecule has 0 saturated carbocycles. The van der Waals surface area contributed by atoms with Crippen molar-refractivity contribution in [1.82, 2.24) is 0 Å². The van der Waals surface area contributed by atoms with Gasteiger partial charge in [0, 0.05) is 22.6 Å². The van der Waals surface area contributed by atoms with Crippen LogP contribution in [-0.2, 0) is 0 Å². The van der Waals surface area contributed by atoms with Gasteiger partial charge in [-0.3, -0.25) is 0 Å². The molecule has 2 rings (SSSR count). The smallest absolute Gasteiger partial charge is 0.121 e. The van der Waals surface area contributed by atoms with E-state index in [-0.39, 0.29) is 0 Å². The third-order valence-corrected chi connectivity index (χ3v) is 3.02. The molecule has 0 atom stereocenters. The Labute approximate surface area is 143 Å². The molecule has 0 N–H and O–H groups in total. The quantitative estimate of drug-likeness (QED) is 0.564. The van der Waals surface area contributed by atoms with Crippen LogP contribution in [-0.4, -0.2) is 22.8 Å². The highest BCUT2D eigenvalue weighted by atomic mass is 15.2. The van der Waals surface area contributed by atoms with Crippen molar-refractivity contribution in [2.45, 2.75) is 27.7 Å². The fourth-order valence-corrected chi connectivity index (χ4v) is 1.98. The van der Waals surface area contributed by atoms with Crippen LogP contribution in [0.2, 0.25) is 0 Å². The van der Waals surface area contributed by atoms with Crippen molar-refractivity contribution in [3.05, 3.63) is 71.8 Å². The molecule has 24 heavy (non-hydrogen) atoms. The molecule has 0 fully saturated rings. The van der Waals surface area contributed by atoms with Gasteiger partial charge in [0.25, 0.3) is 0 Å². The average molecular weight is 318 g/mol. The molecular weight excluding hydrogens is 296 g/mol. The Morgan fingerprint density at radius 1 is 0.500 bits per heavy atom. The maximum absolute atomic E-state index is 4.45. The highest BCUT2D eigenvalue weighted by molar-refractivity contribution is 6.53. The molecule has 0 unspecified atom stereocenters. The van der Waals surface area contributed by atoms with Crippen LogP contribution in [0.3, 0.4) is 0 Å². The lowest BCUT2D eigenvalue weighted by Gasteiger charge is -2.09. The maximum Gasteiger partial charge on any atom is 0.121 e. The van der Waals surface area contributed by atoms with E-state index in [0.717, 1.165) is 22.6 Å². The van der Waals surface area contributed by atoms with Crippen molar-refractivity contribution in [2.75, 3.05) is 0 Å². The van der Waals surface area contributed by atoms with E-state index in [1.54, 1.807) is 0 Å². The summed E-state index contributed by atoms with van der Waals surface area (Å²) in [7, 11) is 0. The van der Waals surface area contributed by atoms with Crippen LogP contribution in [0.25, 0.3) is 0 Å². The summed E-state index contributed by atoms with van der Waals surface area (Å²) in [4.78, 5) is 0. The van der Waals surface area contributed by atoms with E-state index in [4.69, 9.17) is 0 Å². The number of hydrogen-bond acceptors (Lipinski definition) is 4. The molecule has 0 aliphatic rings. The molecule has 122 valence electrons. The van der Waals surface area contributed by atoms with E-state index in [9.17, 15) is 0 Å². The Morgan fingerprint density at radius 3 is 1.12 bits per heavy atom. The minimum Gasteiger partial charge on any atom is -0.160 e. The lowest BCUT2D eigenvalue weighted by Crippen LogP contribution is -2.17. The molecule has 2 aromatic carbocycles. The highest BCUT2D eigenvalue weighted by Crippen LogP contribution is 2.11. The van der Waals surface area contributed by atoms with Crippen LogP contribution >= 0.6 is 0 Å². The first-order valence-electron chi connectivity index (χ1n) is 7.87. The predicted molar refractivity (Wildman–Crippen MR) is 104 cm³/mol. The predicted octanol–water partition coefficient (Wildman–Crippen LogP) is 4.76. The zero-order valence-electron chi connectivity index (χ0n) is 14.6. The number of nitrogens with zero attached hydrogens (tertiary/aromatic N) is 4. The van der Waals surface area contributed by atoms with Gasteiger partial charge in [0.15, 0.2) is 0 Å². The van der Waals surface area contributed by atoms with E-state index in [2.05, 4.69) is 20.4 Å². The van der Waals surface area contributed by atoms with Crippen molar-refractivity contribution in [2.24, 2.45) is 20.4 Å². The van der Waals surface area contributed by atoms with Gasteiger partial charge in [0.05, 0.1) is 0 Å². The largest absolute Gasteiger partial charge is 0.160 e. The van der Waals surface area contributed by atoms with Crippen LogP contribution in [0.4, 0.5) is 0 Å². The Hall–Kier alpha value is -2.88. The topological polar surface area (TPSA) is 49.4 Å². The second kappa shape index (κ2) is 8.67. The molecule has 4 nitrogen and oxygen atoms in total. The van der Waals surface area contributed by atoms with E-state index in [0.29, 0.717) is 11.4 Å². The third-order valence-electron chi connectivity index (χ3n) is 3.02. The van der Waals surface area contributed by atoms with Crippen LogP contribution in [0, 0.1) is 0 Å². The molecular formula is C20H22N4. The molecule has 0 aliphatic carbocycles. The van der Waals surface area contributed by atoms with Crippen molar-refractivity contribution in [1.29, 1.82) is 0 Å². The normalized spacial score (nSPS) is 11.8. The first kappa shape index (κ1) is 17.5. The van der Waals surface area contributed by atoms with Crippen LogP contribution in [0.15, 0.2) is 81.1 Å². The van der Waals surface area contributed by atoms with Gasteiger partial charge in [-0.25, -0.2) is 0 Å². The van der Waals surface area contributed by atoms with Crippen LogP contribution in [0.5, 0.6) is 0 Å². The summed E-state index contributed by atoms with van der Waals surface area (Å²) in [6.07, 6.45) is 0. The minimum atomic E-state index is 0.702.